The molecule has 21 heavy (non-hydrogen) atoms. The van der Waals surface area contributed by atoms with Gasteiger partial charge in [0.15, 0.2) is 0 Å². The van der Waals surface area contributed by atoms with Crippen LogP contribution in [0.1, 0.15) is 25.8 Å². The number of rotatable bonds is 5. The van der Waals surface area contributed by atoms with E-state index in [1.165, 1.54) is 0 Å². The number of aromatic nitrogens is 1. The van der Waals surface area contributed by atoms with Crippen molar-refractivity contribution in [3.8, 4) is 0 Å². The fourth-order valence-electron chi connectivity index (χ4n) is 1.98. The van der Waals surface area contributed by atoms with E-state index in [4.69, 9.17) is 5.73 Å². The minimum atomic E-state index is -0.544. The Bertz CT molecular complexity index is 648. The monoisotopic (exact) mass is 284 g/mol. The Labute approximate surface area is 124 Å². The van der Waals surface area contributed by atoms with Crippen LogP contribution in [0, 0.1) is 5.92 Å². The third kappa shape index (κ3) is 3.64. The summed E-state index contributed by atoms with van der Waals surface area (Å²) in [5, 5.41) is 5.02. The van der Waals surface area contributed by atoms with Crippen LogP contribution in [0.2, 0.25) is 0 Å². The van der Waals surface area contributed by atoms with Crippen molar-refractivity contribution in [2.75, 3.05) is 0 Å². The number of fused-ring (bicyclic) bond motifs is 1. The van der Waals surface area contributed by atoms with Gasteiger partial charge in [0.05, 0.1) is 17.8 Å². The Morgan fingerprint density at radius 1 is 1.43 bits per heavy atom. The van der Waals surface area contributed by atoms with E-state index in [0.29, 0.717) is 0 Å². The molecule has 2 unspecified atom stereocenters. The van der Waals surface area contributed by atoms with E-state index >= 15 is 0 Å². The quantitative estimate of drug-likeness (QED) is 0.651. The number of hydrogen-bond donors (Lipinski definition) is 2. The highest BCUT2D eigenvalue weighted by atomic mass is 16.2. The highest BCUT2D eigenvalue weighted by Gasteiger charge is 2.18. The molecule has 0 radical (unpaired) electrons. The number of hydrazone groups is 1. The molecule has 0 aliphatic heterocycles. The predicted octanol–water partition coefficient (Wildman–Crippen LogP) is 2.06. The van der Waals surface area contributed by atoms with Gasteiger partial charge in [0.2, 0.25) is 0 Å². The number of carbonyl (C=O) groups excluding carboxylic acids is 1. The molecule has 0 spiro atoms. The molecule has 2 aromatic rings. The maximum atomic E-state index is 11.8. The average molecular weight is 284 g/mol. The van der Waals surface area contributed by atoms with Gasteiger partial charge in [0, 0.05) is 17.1 Å². The van der Waals surface area contributed by atoms with E-state index in [1.807, 2.05) is 44.2 Å². The van der Waals surface area contributed by atoms with Crippen LogP contribution in [0.5, 0.6) is 0 Å². The van der Waals surface area contributed by atoms with Gasteiger partial charge in [-0.05, 0) is 12.0 Å². The third-order valence-corrected chi connectivity index (χ3v) is 3.60. The molecular formula is C16H20N4O. The zero-order valence-corrected chi connectivity index (χ0v) is 12.3. The van der Waals surface area contributed by atoms with Gasteiger partial charge >= 0.3 is 0 Å². The van der Waals surface area contributed by atoms with Crippen molar-refractivity contribution in [2.24, 2.45) is 16.8 Å². The molecule has 0 aliphatic rings. The summed E-state index contributed by atoms with van der Waals surface area (Å²) < 4.78 is 0. The van der Waals surface area contributed by atoms with Crippen molar-refractivity contribution in [2.45, 2.75) is 26.3 Å². The van der Waals surface area contributed by atoms with Crippen molar-refractivity contribution >= 4 is 23.0 Å². The SMILES string of the molecule is CCC(C)C(N)C(=O)NN=Cc1cccc2cccnc12. The van der Waals surface area contributed by atoms with Crippen molar-refractivity contribution in [3.05, 3.63) is 42.1 Å². The first-order chi connectivity index (χ1) is 10.1. The van der Waals surface area contributed by atoms with Gasteiger partial charge in [0.1, 0.15) is 0 Å². The van der Waals surface area contributed by atoms with Crippen LogP contribution < -0.4 is 11.2 Å². The lowest BCUT2D eigenvalue weighted by Gasteiger charge is -2.15. The van der Waals surface area contributed by atoms with Gasteiger partial charge in [-0.15, -0.1) is 0 Å². The van der Waals surface area contributed by atoms with Crippen LogP contribution >= 0.6 is 0 Å². The summed E-state index contributed by atoms with van der Waals surface area (Å²) in [5.41, 5.74) is 10.0. The lowest BCUT2D eigenvalue weighted by Crippen LogP contribution is -2.42. The molecule has 1 heterocycles. The van der Waals surface area contributed by atoms with Crippen LogP contribution in [0.15, 0.2) is 41.6 Å². The second kappa shape index (κ2) is 6.95. The van der Waals surface area contributed by atoms with Gasteiger partial charge in [-0.2, -0.15) is 5.10 Å². The minimum Gasteiger partial charge on any atom is -0.320 e. The van der Waals surface area contributed by atoms with E-state index < -0.39 is 6.04 Å². The van der Waals surface area contributed by atoms with E-state index in [9.17, 15) is 4.79 Å². The Morgan fingerprint density at radius 2 is 2.19 bits per heavy atom. The van der Waals surface area contributed by atoms with Crippen molar-refractivity contribution in [1.29, 1.82) is 0 Å². The van der Waals surface area contributed by atoms with Gasteiger partial charge in [-0.25, -0.2) is 5.43 Å². The highest BCUT2D eigenvalue weighted by Crippen LogP contribution is 2.13. The third-order valence-electron chi connectivity index (χ3n) is 3.60. The Balaban J connectivity index is 2.09. The molecule has 2 rings (SSSR count). The fourth-order valence-corrected chi connectivity index (χ4v) is 1.98. The summed E-state index contributed by atoms with van der Waals surface area (Å²) in [6, 6.07) is 9.14. The first-order valence-electron chi connectivity index (χ1n) is 7.05. The highest BCUT2D eigenvalue weighted by molar-refractivity contribution is 5.97. The number of hydrogen-bond acceptors (Lipinski definition) is 4. The molecule has 1 aromatic heterocycles. The van der Waals surface area contributed by atoms with E-state index in [0.717, 1.165) is 22.9 Å². The Kier molecular flexibility index (Phi) is 5.00. The summed E-state index contributed by atoms with van der Waals surface area (Å²) >= 11 is 0. The molecule has 3 N–H and O–H groups in total. The molecule has 110 valence electrons. The number of carbonyl (C=O) groups is 1. The normalized spacial score (nSPS) is 14.2. The van der Waals surface area contributed by atoms with E-state index in [2.05, 4.69) is 15.5 Å². The topological polar surface area (TPSA) is 80.4 Å². The lowest BCUT2D eigenvalue weighted by molar-refractivity contribution is -0.123. The Hall–Kier alpha value is -2.27. The lowest BCUT2D eigenvalue weighted by atomic mass is 10.00. The zero-order valence-electron chi connectivity index (χ0n) is 12.3. The summed E-state index contributed by atoms with van der Waals surface area (Å²) in [5.74, 6) is -0.145. The maximum Gasteiger partial charge on any atom is 0.257 e. The molecule has 2 atom stereocenters. The van der Waals surface area contributed by atoms with E-state index in [1.54, 1.807) is 12.4 Å². The molecule has 0 aliphatic carbocycles. The molecule has 0 bridgehead atoms. The maximum absolute atomic E-state index is 11.8. The summed E-state index contributed by atoms with van der Waals surface area (Å²) in [6.07, 6.45) is 4.18. The smallest absolute Gasteiger partial charge is 0.257 e. The van der Waals surface area contributed by atoms with Gasteiger partial charge < -0.3 is 5.73 Å². The van der Waals surface area contributed by atoms with Gasteiger partial charge in [0.25, 0.3) is 5.91 Å². The molecule has 0 saturated heterocycles. The Morgan fingerprint density at radius 3 is 2.95 bits per heavy atom. The minimum absolute atomic E-state index is 0.124. The number of benzene rings is 1. The second-order valence-corrected chi connectivity index (χ2v) is 5.07. The fraction of sp³-hybridized carbons (Fsp3) is 0.312. The molecule has 0 saturated carbocycles. The second-order valence-electron chi connectivity index (χ2n) is 5.07. The molecule has 0 fully saturated rings. The molecular weight excluding hydrogens is 264 g/mol. The van der Waals surface area contributed by atoms with Crippen LogP contribution in [0.25, 0.3) is 10.9 Å². The molecule has 1 aromatic carbocycles. The van der Waals surface area contributed by atoms with Crippen LogP contribution in [-0.2, 0) is 4.79 Å². The van der Waals surface area contributed by atoms with Crippen molar-refractivity contribution in [1.82, 2.24) is 10.4 Å². The largest absolute Gasteiger partial charge is 0.320 e. The van der Waals surface area contributed by atoms with E-state index in [-0.39, 0.29) is 11.8 Å². The standard InChI is InChI=1S/C16H20N4O/c1-3-11(2)14(17)16(21)20-19-10-13-7-4-6-12-8-5-9-18-15(12)13/h4-11,14H,3,17H2,1-2H3,(H,20,21). The number of pyridine rings is 1. The van der Waals surface area contributed by atoms with Crippen molar-refractivity contribution < 1.29 is 4.79 Å². The first kappa shape index (κ1) is 15.1. The summed E-state index contributed by atoms with van der Waals surface area (Å²) in [4.78, 5) is 16.2. The van der Waals surface area contributed by atoms with Crippen LogP contribution in [0.3, 0.4) is 0 Å². The number of nitrogens with one attached hydrogen (secondary N) is 1. The van der Waals surface area contributed by atoms with Gasteiger partial charge in [-0.3, -0.25) is 9.78 Å². The number of nitrogens with zero attached hydrogens (tertiary/aromatic N) is 2. The summed E-state index contributed by atoms with van der Waals surface area (Å²) in [7, 11) is 0. The number of nitrogens with two attached hydrogens (primary N) is 1. The number of amides is 1. The summed E-state index contributed by atoms with van der Waals surface area (Å²) in [6.45, 7) is 3.95. The zero-order chi connectivity index (χ0) is 15.2. The first-order valence-corrected chi connectivity index (χ1v) is 7.05. The number of para-hydroxylation sites is 1. The molecule has 5 nitrogen and oxygen atoms in total. The van der Waals surface area contributed by atoms with Crippen molar-refractivity contribution in [3.63, 3.8) is 0 Å². The average Bonchev–Trinajstić information content (AvgIpc) is 2.53. The molecule has 1 amide bonds. The predicted molar refractivity (Wildman–Crippen MR) is 84.9 cm³/mol. The van der Waals surface area contributed by atoms with Crippen LogP contribution in [0.4, 0.5) is 0 Å². The molecule has 5 heteroatoms. The van der Waals surface area contributed by atoms with Crippen LogP contribution in [-0.4, -0.2) is 23.1 Å². The van der Waals surface area contributed by atoms with Gasteiger partial charge in [-0.1, -0.05) is 44.5 Å².